The maximum absolute atomic E-state index is 13.9. The lowest BCUT2D eigenvalue weighted by Crippen LogP contribution is -2.23. The monoisotopic (exact) mass is 296 g/mol. The number of anilines is 2. The van der Waals surface area contributed by atoms with Gasteiger partial charge in [0.2, 0.25) is 0 Å². The lowest BCUT2D eigenvalue weighted by molar-refractivity contribution is 0.0527. The summed E-state index contributed by atoms with van der Waals surface area (Å²) in [4.78, 5) is 11.8. The first-order valence-electron chi connectivity index (χ1n) is 7.19. The molecule has 1 aromatic rings. The minimum atomic E-state index is -0.538. The van der Waals surface area contributed by atoms with Crippen molar-refractivity contribution in [1.29, 1.82) is 0 Å². The number of nitrogens with two attached hydrogens (primary N) is 1. The Balaban J connectivity index is 2.07. The summed E-state index contributed by atoms with van der Waals surface area (Å²) in [5.74, 6) is -0.557. The molecule has 1 fully saturated rings. The zero-order chi connectivity index (χ0) is 15.2. The fraction of sp³-hybridized carbons (Fsp3) is 0.533. The molecular formula is C15H21FN2O3. The molecule has 1 aliphatic heterocycles. The Kier molecular flexibility index (Phi) is 5.38. The first-order chi connectivity index (χ1) is 10.1. The van der Waals surface area contributed by atoms with Gasteiger partial charge in [-0.05, 0) is 37.8 Å². The number of nitrogens with one attached hydrogen (secondary N) is 1. The summed E-state index contributed by atoms with van der Waals surface area (Å²) in [7, 11) is 0. The summed E-state index contributed by atoms with van der Waals surface area (Å²) >= 11 is 0. The third kappa shape index (κ3) is 4.07. The van der Waals surface area contributed by atoms with Crippen LogP contribution in [0, 0.1) is 11.7 Å². The molecule has 1 heterocycles. The highest BCUT2D eigenvalue weighted by molar-refractivity contribution is 5.96. The van der Waals surface area contributed by atoms with Crippen LogP contribution in [-0.2, 0) is 9.47 Å². The number of ether oxygens (including phenoxy) is 2. The van der Waals surface area contributed by atoms with E-state index in [1.807, 2.05) is 0 Å². The van der Waals surface area contributed by atoms with Crippen molar-refractivity contribution in [2.75, 3.05) is 37.4 Å². The molecule has 0 radical (unpaired) electrons. The Bertz CT molecular complexity index is 502. The highest BCUT2D eigenvalue weighted by atomic mass is 19.1. The molecule has 0 aliphatic carbocycles. The second-order valence-electron chi connectivity index (χ2n) is 5.08. The number of carbonyl (C=O) groups excluding carboxylic acids is 1. The van der Waals surface area contributed by atoms with E-state index in [2.05, 4.69) is 5.32 Å². The van der Waals surface area contributed by atoms with Crippen LogP contribution in [0.5, 0.6) is 0 Å². The smallest absolute Gasteiger partial charge is 0.340 e. The highest BCUT2D eigenvalue weighted by Crippen LogP contribution is 2.24. The van der Waals surface area contributed by atoms with Crippen molar-refractivity contribution < 1.29 is 18.7 Å². The fourth-order valence-electron chi connectivity index (χ4n) is 2.31. The molecule has 0 unspecified atom stereocenters. The van der Waals surface area contributed by atoms with E-state index < -0.39 is 11.8 Å². The van der Waals surface area contributed by atoms with Gasteiger partial charge in [-0.2, -0.15) is 0 Å². The van der Waals surface area contributed by atoms with E-state index in [9.17, 15) is 9.18 Å². The second kappa shape index (κ2) is 7.26. The van der Waals surface area contributed by atoms with E-state index in [1.54, 1.807) is 6.92 Å². The van der Waals surface area contributed by atoms with Crippen LogP contribution >= 0.6 is 0 Å². The molecule has 5 nitrogen and oxygen atoms in total. The Labute approximate surface area is 123 Å². The molecule has 0 atom stereocenters. The maximum atomic E-state index is 13.9. The Morgan fingerprint density at radius 1 is 1.48 bits per heavy atom. The average molecular weight is 296 g/mol. The zero-order valence-corrected chi connectivity index (χ0v) is 12.2. The third-order valence-corrected chi connectivity index (χ3v) is 3.56. The van der Waals surface area contributed by atoms with Crippen LogP contribution in [0.1, 0.15) is 30.1 Å². The van der Waals surface area contributed by atoms with Gasteiger partial charge >= 0.3 is 5.97 Å². The van der Waals surface area contributed by atoms with Gasteiger partial charge in [-0.25, -0.2) is 9.18 Å². The van der Waals surface area contributed by atoms with E-state index in [0.717, 1.165) is 32.1 Å². The Morgan fingerprint density at radius 3 is 2.86 bits per heavy atom. The quantitative estimate of drug-likeness (QED) is 0.645. The van der Waals surface area contributed by atoms with Crippen LogP contribution in [0.4, 0.5) is 15.8 Å². The molecule has 1 aliphatic rings. The zero-order valence-electron chi connectivity index (χ0n) is 12.2. The largest absolute Gasteiger partial charge is 0.462 e. The van der Waals surface area contributed by atoms with E-state index in [4.69, 9.17) is 15.2 Å². The molecule has 0 amide bonds. The number of hydrogen-bond acceptors (Lipinski definition) is 5. The van der Waals surface area contributed by atoms with Crippen LogP contribution in [0.3, 0.4) is 0 Å². The topological polar surface area (TPSA) is 73.6 Å². The SMILES string of the molecule is CCOC(=O)c1cc(NCC2CCOCC2)c(F)cc1N. The van der Waals surface area contributed by atoms with Crippen molar-refractivity contribution in [2.45, 2.75) is 19.8 Å². The van der Waals surface area contributed by atoms with Gasteiger partial charge < -0.3 is 20.5 Å². The number of nitrogen functional groups attached to an aromatic ring is 1. The molecule has 1 saturated heterocycles. The van der Waals surface area contributed by atoms with Crippen LogP contribution in [0.2, 0.25) is 0 Å². The average Bonchev–Trinajstić information content (AvgIpc) is 2.47. The van der Waals surface area contributed by atoms with Gasteiger partial charge in [0.1, 0.15) is 5.82 Å². The van der Waals surface area contributed by atoms with Crippen LogP contribution < -0.4 is 11.1 Å². The first-order valence-corrected chi connectivity index (χ1v) is 7.19. The molecule has 2 rings (SSSR count). The third-order valence-electron chi connectivity index (χ3n) is 3.56. The number of carbonyl (C=O) groups is 1. The van der Waals surface area contributed by atoms with Gasteiger partial charge in [-0.3, -0.25) is 0 Å². The number of esters is 1. The Morgan fingerprint density at radius 2 is 2.19 bits per heavy atom. The van der Waals surface area contributed by atoms with E-state index >= 15 is 0 Å². The molecule has 3 N–H and O–H groups in total. The number of halogens is 1. The predicted octanol–water partition coefficient (Wildman–Crippen LogP) is 2.42. The van der Waals surface area contributed by atoms with Crippen LogP contribution in [0.25, 0.3) is 0 Å². The molecule has 1 aromatic carbocycles. The second-order valence-corrected chi connectivity index (χ2v) is 5.08. The summed E-state index contributed by atoms with van der Waals surface area (Å²) in [6.45, 7) is 4.09. The summed E-state index contributed by atoms with van der Waals surface area (Å²) in [5.41, 5.74) is 6.23. The molecule has 21 heavy (non-hydrogen) atoms. The maximum Gasteiger partial charge on any atom is 0.340 e. The molecule has 6 heteroatoms. The van der Waals surface area contributed by atoms with Gasteiger partial charge in [0, 0.05) is 25.4 Å². The van der Waals surface area contributed by atoms with Crippen molar-refractivity contribution in [3.05, 3.63) is 23.5 Å². The van der Waals surface area contributed by atoms with Crippen molar-refractivity contribution in [2.24, 2.45) is 5.92 Å². The summed E-state index contributed by atoms with van der Waals surface area (Å²) in [5, 5.41) is 3.05. The number of hydrogen-bond donors (Lipinski definition) is 2. The fourth-order valence-corrected chi connectivity index (χ4v) is 2.31. The molecule has 0 saturated carbocycles. The van der Waals surface area contributed by atoms with E-state index in [1.165, 1.54) is 6.07 Å². The highest BCUT2D eigenvalue weighted by Gasteiger charge is 2.17. The molecular weight excluding hydrogens is 275 g/mol. The number of rotatable bonds is 5. The van der Waals surface area contributed by atoms with Crippen LogP contribution in [-0.4, -0.2) is 32.3 Å². The Hall–Kier alpha value is -1.82. The van der Waals surface area contributed by atoms with Gasteiger partial charge in [-0.1, -0.05) is 0 Å². The summed E-state index contributed by atoms with van der Waals surface area (Å²) in [6.07, 6.45) is 1.91. The van der Waals surface area contributed by atoms with Crippen molar-refractivity contribution >= 4 is 17.3 Å². The van der Waals surface area contributed by atoms with Gasteiger partial charge in [0.05, 0.1) is 17.9 Å². The predicted molar refractivity (Wildman–Crippen MR) is 78.8 cm³/mol. The lowest BCUT2D eigenvalue weighted by Gasteiger charge is -2.23. The summed E-state index contributed by atoms with van der Waals surface area (Å²) in [6, 6.07) is 2.57. The molecule has 0 aromatic heterocycles. The standard InChI is InChI=1S/C15H21FN2O3/c1-2-21-15(19)11-7-14(12(16)8-13(11)17)18-9-10-3-5-20-6-4-10/h7-8,10,18H,2-6,9,17H2,1H3. The molecule has 0 spiro atoms. The van der Waals surface area contributed by atoms with Crippen molar-refractivity contribution in [3.63, 3.8) is 0 Å². The molecule has 116 valence electrons. The van der Waals surface area contributed by atoms with Crippen molar-refractivity contribution in [1.82, 2.24) is 0 Å². The minimum absolute atomic E-state index is 0.0857. The molecule has 0 bridgehead atoms. The normalized spacial score (nSPS) is 15.7. The first kappa shape index (κ1) is 15.6. The minimum Gasteiger partial charge on any atom is -0.462 e. The lowest BCUT2D eigenvalue weighted by atomic mass is 10.0. The van der Waals surface area contributed by atoms with E-state index in [0.29, 0.717) is 12.5 Å². The number of benzene rings is 1. The van der Waals surface area contributed by atoms with Crippen molar-refractivity contribution in [3.8, 4) is 0 Å². The summed E-state index contributed by atoms with van der Waals surface area (Å²) < 4.78 is 24.1. The van der Waals surface area contributed by atoms with E-state index in [-0.39, 0.29) is 23.5 Å². The van der Waals surface area contributed by atoms with Crippen LogP contribution in [0.15, 0.2) is 12.1 Å². The van der Waals surface area contributed by atoms with Gasteiger partial charge in [-0.15, -0.1) is 0 Å². The van der Waals surface area contributed by atoms with Gasteiger partial charge in [0.25, 0.3) is 0 Å². The van der Waals surface area contributed by atoms with Gasteiger partial charge in [0.15, 0.2) is 0 Å².